The predicted molar refractivity (Wildman–Crippen MR) is 137 cm³/mol. The van der Waals surface area contributed by atoms with Gasteiger partial charge in [0.15, 0.2) is 0 Å². The number of fused-ring (bicyclic) bond motifs is 1. The maximum Gasteiger partial charge on any atom is 0.224 e. The Labute approximate surface area is 201 Å². The second kappa shape index (κ2) is 10.8. The summed E-state index contributed by atoms with van der Waals surface area (Å²) in [7, 11) is -0.765. The van der Waals surface area contributed by atoms with Gasteiger partial charge in [-0.2, -0.15) is 4.98 Å². The van der Waals surface area contributed by atoms with Crippen molar-refractivity contribution in [3.8, 4) is 10.6 Å². The molecule has 3 aromatic heterocycles. The Morgan fingerprint density at radius 3 is 2.82 bits per heavy atom. The predicted octanol–water partition coefficient (Wildman–Crippen LogP) is 4.17. The molecule has 2 N–H and O–H groups in total. The first-order valence-electron chi connectivity index (χ1n) is 11.4. The number of anilines is 2. The van der Waals surface area contributed by atoms with Crippen LogP contribution in [0, 0.1) is 19.8 Å². The number of aromatic nitrogens is 4. The van der Waals surface area contributed by atoms with Gasteiger partial charge in [0.1, 0.15) is 16.3 Å². The number of pyridine rings is 1. The molecule has 33 heavy (non-hydrogen) atoms. The molecule has 178 valence electrons. The van der Waals surface area contributed by atoms with Gasteiger partial charge >= 0.3 is 0 Å². The highest BCUT2D eigenvalue weighted by molar-refractivity contribution is 7.84. The monoisotopic (exact) mass is 488 g/mol. The Hall–Kier alpha value is -2.17. The van der Waals surface area contributed by atoms with Crippen LogP contribution in [0.4, 0.5) is 11.8 Å². The Balaban J connectivity index is 1.65. The van der Waals surface area contributed by atoms with Gasteiger partial charge in [0.2, 0.25) is 5.95 Å². The van der Waals surface area contributed by atoms with Gasteiger partial charge in [-0.3, -0.25) is 9.19 Å². The summed E-state index contributed by atoms with van der Waals surface area (Å²) < 4.78 is 18.2. The van der Waals surface area contributed by atoms with Gasteiger partial charge in [-0.25, -0.2) is 9.97 Å². The van der Waals surface area contributed by atoms with E-state index >= 15 is 0 Å². The van der Waals surface area contributed by atoms with E-state index in [1.807, 2.05) is 33.0 Å². The fraction of sp³-hybridized carbons (Fsp3) is 0.565. The van der Waals surface area contributed by atoms with E-state index in [0.717, 1.165) is 63.0 Å². The average Bonchev–Trinajstić information content (AvgIpc) is 3.38. The fourth-order valence-electron chi connectivity index (χ4n) is 4.36. The summed E-state index contributed by atoms with van der Waals surface area (Å²) in [5.41, 5.74) is 3.66. The molecule has 0 saturated heterocycles. The molecular formula is C23H32N6O2S2. The van der Waals surface area contributed by atoms with E-state index in [9.17, 15) is 4.21 Å². The zero-order valence-corrected chi connectivity index (χ0v) is 21.3. The van der Waals surface area contributed by atoms with E-state index in [1.54, 1.807) is 17.6 Å². The number of aryl methyl sites for hydroxylation is 2. The summed E-state index contributed by atoms with van der Waals surface area (Å²) in [6, 6.07) is 2.30. The van der Waals surface area contributed by atoms with Crippen LogP contribution in [0.5, 0.6) is 0 Å². The lowest BCUT2D eigenvalue weighted by molar-refractivity contribution is 0.158. The van der Waals surface area contributed by atoms with Crippen LogP contribution in [0.3, 0.4) is 0 Å². The standard InChI is InChI=1S/C23H32N6O2S2/c1-5-31-11-10-25-23-26-14(2)19(22-28-20-15(3)24-9-8-18(20)32-22)21(29-23)27-17-7-6-16(12-17)13-33(4)30/h8-9,16-17H,5-7,10-13H2,1-4H3,(H2,25,26,27,29). The molecule has 0 aromatic carbocycles. The van der Waals surface area contributed by atoms with Crippen molar-refractivity contribution in [1.29, 1.82) is 0 Å². The first-order valence-corrected chi connectivity index (χ1v) is 14.0. The highest BCUT2D eigenvalue weighted by atomic mass is 32.2. The normalized spacial score (nSPS) is 19.2. The third-order valence-electron chi connectivity index (χ3n) is 5.88. The van der Waals surface area contributed by atoms with Crippen molar-refractivity contribution in [2.45, 2.75) is 46.1 Å². The van der Waals surface area contributed by atoms with Gasteiger partial charge in [0.25, 0.3) is 0 Å². The number of thiazole rings is 1. The van der Waals surface area contributed by atoms with Crippen molar-refractivity contribution >= 4 is 44.1 Å². The van der Waals surface area contributed by atoms with Crippen LogP contribution in [-0.4, -0.2) is 62.0 Å². The Morgan fingerprint density at radius 1 is 1.21 bits per heavy atom. The molecule has 4 rings (SSSR count). The van der Waals surface area contributed by atoms with Crippen molar-refractivity contribution in [3.63, 3.8) is 0 Å². The molecule has 1 aliphatic rings. The molecule has 10 heteroatoms. The molecule has 3 atom stereocenters. The summed E-state index contributed by atoms with van der Waals surface area (Å²) in [4.78, 5) is 18.9. The fourth-order valence-corrected chi connectivity index (χ4v) is 6.44. The van der Waals surface area contributed by atoms with E-state index in [4.69, 9.17) is 19.7 Å². The molecule has 1 fully saturated rings. The van der Waals surface area contributed by atoms with Crippen LogP contribution in [0.25, 0.3) is 20.8 Å². The second-order valence-corrected chi connectivity index (χ2v) is 11.0. The largest absolute Gasteiger partial charge is 0.380 e. The van der Waals surface area contributed by atoms with Crippen molar-refractivity contribution in [1.82, 2.24) is 19.9 Å². The lowest BCUT2D eigenvalue weighted by Crippen LogP contribution is -2.20. The molecule has 8 nitrogen and oxygen atoms in total. The third-order valence-corrected chi connectivity index (χ3v) is 7.86. The van der Waals surface area contributed by atoms with Gasteiger partial charge in [0, 0.05) is 48.2 Å². The average molecular weight is 489 g/mol. The molecule has 0 aliphatic heterocycles. The number of hydrogen-bond donors (Lipinski definition) is 2. The van der Waals surface area contributed by atoms with Crippen LogP contribution in [0.15, 0.2) is 12.3 Å². The Kier molecular flexibility index (Phi) is 7.87. The zero-order chi connectivity index (χ0) is 23.4. The summed E-state index contributed by atoms with van der Waals surface area (Å²) in [5.74, 6) is 2.64. The number of ether oxygens (including phenoxy) is 1. The van der Waals surface area contributed by atoms with Gasteiger partial charge in [-0.1, -0.05) is 0 Å². The van der Waals surface area contributed by atoms with E-state index in [1.165, 1.54) is 0 Å². The quantitative estimate of drug-likeness (QED) is 0.410. The maximum absolute atomic E-state index is 11.7. The third kappa shape index (κ3) is 5.85. The summed E-state index contributed by atoms with van der Waals surface area (Å²) in [6.07, 6.45) is 6.74. The van der Waals surface area contributed by atoms with Crippen LogP contribution < -0.4 is 10.6 Å². The molecule has 1 aliphatic carbocycles. The van der Waals surface area contributed by atoms with Gasteiger partial charge in [-0.15, -0.1) is 11.3 Å². The van der Waals surface area contributed by atoms with E-state index < -0.39 is 10.8 Å². The maximum atomic E-state index is 11.7. The molecule has 0 amide bonds. The van der Waals surface area contributed by atoms with Gasteiger partial charge < -0.3 is 15.4 Å². The van der Waals surface area contributed by atoms with Crippen LogP contribution in [0.2, 0.25) is 0 Å². The molecular weight excluding hydrogens is 456 g/mol. The second-order valence-electron chi connectivity index (χ2n) is 8.50. The molecule has 0 bridgehead atoms. The van der Waals surface area contributed by atoms with Gasteiger partial charge in [0.05, 0.1) is 28.3 Å². The molecule has 3 unspecified atom stereocenters. The lowest BCUT2D eigenvalue weighted by Gasteiger charge is -2.18. The summed E-state index contributed by atoms with van der Waals surface area (Å²) in [5, 5.41) is 7.86. The number of rotatable bonds is 10. The molecule has 3 aromatic rings. The molecule has 1 saturated carbocycles. The molecule has 3 heterocycles. The van der Waals surface area contributed by atoms with Crippen LogP contribution in [0.1, 0.15) is 37.6 Å². The molecule has 0 radical (unpaired) electrons. The van der Waals surface area contributed by atoms with Crippen LogP contribution in [-0.2, 0) is 15.5 Å². The van der Waals surface area contributed by atoms with Gasteiger partial charge in [-0.05, 0) is 52.0 Å². The number of nitrogens with zero attached hydrogens (tertiary/aromatic N) is 4. The minimum atomic E-state index is -0.765. The van der Waals surface area contributed by atoms with E-state index in [2.05, 4.69) is 15.6 Å². The molecule has 0 spiro atoms. The van der Waals surface area contributed by atoms with Crippen molar-refractivity contribution in [2.75, 3.05) is 42.4 Å². The SMILES string of the molecule is CCOCCNc1nc(C)c(-c2nc3c(C)nccc3s2)c(NC2CCC(CS(C)=O)C2)n1. The van der Waals surface area contributed by atoms with Crippen molar-refractivity contribution in [3.05, 3.63) is 23.7 Å². The first-order chi connectivity index (χ1) is 15.9. The first kappa shape index (κ1) is 24.0. The van der Waals surface area contributed by atoms with Crippen molar-refractivity contribution < 1.29 is 8.95 Å². The Morgan fingerprint density at radius 2 is 2.06 bits per heavy atom. The minimum Gasteiger partial charge on any atom is -0.380 e. The number of hydrogen-bond acceptors (Lipinski definition) is 9. The highest BCUT2D eigenvalue weighted by Crippen LogP contribution is 2.38. The Bertz CT molecular complexity index is 1140. The summed E-state index contributed by atoms with van der Waals surface area (Å²) >= 11 is 1.64. The smallest absolute Gasteiger partial charge is 0.224 e. The van der Waals surface area contributed by atoms with E-state index in [-0.39, 0.29) is 0 Å². The zero-order valence-electron chi connectivity index (χ0n) is 19.7. The highest BCUT2D eigenvalue weighted by Gasteiger charge is 2.27. The van der Waals surface area contributed by atoms with Crippen molar-refractivity contribution in [2.24, 2.45) is 5.92 Å². The van der Waals surface area contributed by atoms with Crippen LogP contribution >= 0.6 is 11.3 Å². The number of nitrogens with one attached hydrogen (secondary N) is 2. The van der Waals surface area contributed by atoms with E-state index in [0.29, 0.717) is 37.7 Å². The lowest BCUT2D eigenvalue weighted by atomic mass is 10.1. The topological polar surface area (TPSA) is 102 Å². The minimum absolute atomic E-state index is 0.292. The summed E-state index contributed by atoms with van der Waals surface area (Å²) in [6.45, 7) is 7.90.